The van der Waals surface area contributed by atoms with E-state index in [2.05, 4.69) is 15.6 Å². The lowest BCUT2D eigenvalue weighted by molar-refractivity contribution is -0.128. The summed E-state index contributed by atoms with van der Waals surface area (Å²) in [7, 11) is -3.42. The molecule has 8 nitrogen and oxygen atoms in total. The number of piperidine rings is 1. The molecule has 174 valence electrons. The number of hydrogen-bond donors (Lipinski definition) is 2. The third kappa shape index (κ3) is 7.31. The fraction of sp³-hybridized carbons (Fsp3) is 0.619. The second-order valence-electron chi connectivity index (χ2n) is 7.82. The van der Waals surface area contributed by atoms with Gasteiger partial charge in [-0.15, -0.1) is 24.0 Å². The predicted octanol–water partition coefficient (Wildman–Crippen LogP) is 1.88. The van der Waals surface area contributed by atoms with Gasteiger partial charge < -0.3 is 15.5 Å². The number of amides is 1. The van der Waals surface area contributed by atoms with Gasteiger partial charge >= 0.3 is 0 Å². The Morgan fingerprint density at radius 1 is 1.06 bits per heavy atom. The summed E-state index contributed by atoms with van der Waals surface area (Å²) in [6, 6.07) is 8.61. The van der Waals surface area contributed by atoms with Gasteiger partial charge in [0, 0.05) is 39.3 Å². The van der Waals surface area contributed by atoms with E-state index in [1.165, 1.54) is 0 Å². The second kappa shape index (κ2) is 12.6. The van der Waals surface area contributed by atoms with E-state index in [-0.39, 0.29) is 36.4 Å². The van der Waals surface area contributed by atoms with Crippen LogP contribution in [0, 0.1) is 5.92 Å². The van der Waals surface area contributed by atoms with Gasteiger partial charge in [-0.25, -0.2) is 13.4 Å². The molecule has 0 radical (unpaired) electrons. The zero-order valence-corrected chi connectivity index (χ0v) is 21.3. The fourth-order valence-corrected chi connectivity index (χ4v) is 5.38. The molecular formula is C21H34IN5O3S. The maximum atomic E-state index is 12.7. The molecule has 0 bridgehead atoms. The molecule has 0 spiro atoms. The van der Waals surface area contributed by atoms with Gasteiger partial charge in [0.1, 0.15) is 6.54 Å². The number of hydrogen-bond acceptors (Lipinski definition) is 4. The maximum absolute atomic E-state index is 12.7. The monoisotopic (exact) mass is 563 g/mol. The van der Waals surface area contributed by atoms with Gasteiger partial charge in [0.05, 0.1) is 4.90 Å². The highest BCUT2D eigenvalue weighted by atomic mass is 127. The Kier molecular flexibility index (Phi) is 10.5. The maximum Gasteiger partial charge on any atom is 0.244 e. The number of likely N-dealkylation sites (tertiary alicyclic amines) is 1. The number of sulfonamides is 1. The molecule has 2 aliphatic rings. The number of nitrogens with one attached hydrogen (secondary N) is 2. The standard InChI is InChI=1S/C21H33N5O3S.HI/c1-2-22-21(24-17-20(27)25-12-6-7-13-25)23-16-18-10-14-26(15-11-18)30(28,29)19-8-4-3-5-9-19;/h3-5,8-9,18H,2,6-7,10-17H2,1H3,(H2,22,23,24);1H. The predicted molar refractivity (Wildman–Crippen MR) is 133 cm³/mol. The third-order valence-corrected chi connectivity index (χ3v) is 7.60. The Bertz CT molecular complexity index is 821. The molecule has 0 aromatic heterocycles. The van der Waals surface area contributed by atoms with Crippen LogP contribution in [0.4, 0.5) is 0 Å². The van der Waals surface area contributed by atoms with Crippen molar-refractivity contribution in [2.75, 3.05) is 45.8 Å². The minimum atomic E-state index is -3.42. The number of carbonyl (C=O) groups excluding carboxylic acids is 1. The van der Waals surface area contributed by atoms with Crippen molar-refractivity contribution in [2.24, 2.45) is 10.9 Å². The summed E-state index contributed by atoms with van der Waals surface area (Å²) in [6.07, 6.45) is 3.75. The molecule has 0 unspecified atom stereocenters. The van der Waals surface area contributed by atoms with Crippen LogP contribution in [0.5, 0.6) is 0 Å². The molecule has 3 rings (SSSR count). The van der Waals surface area contributed by atoms with Gasteiger partial charge in [-0.05, 0) is 50.7 Å². The Balaban J connectivity index is 0.00000341. The van der Waals surface area contributed by atoms with Crippen LogP contribution in [0.3, 0.4) is 0 Å². The Hall–Kier alpha value is -1.40. The summed E-state index contributed by atoms with van der Waals surface area (Å²) >= 11 is 0. The average Bonchev–Trinajstić information content (AvgIpc) is 3.31. The molecule has 0 aliphatic carbocycles. The molecule has 2 saturated heterocycles. The first kappa shape index (κ1) is 25.9. The zero-order chi connectivity index (χ0) is 21.4. The first-order valence-electron chi connectivity index (χ1n) is 10.9. The number of nitrogens with zero attached hydrogens (tertiary/aromatic N) is 3. The number of halogens is 1. The minimum absolute atomic E-state index is 0. The smallest absolute Gasteiger partial charge is 0.244 e. The number of rotatable bonds is 7. The van der Waals surface area contributed by atoms with Crippen LogP contribution >= 0.6 is 24.0 Å². The summed E-state index contributed by atoms with van der Waals surface area (Å²) in [4.78, 5) is 18.9. The van der Waals surface area contributed by atoms with Gasteiger partial charge in [-0.2, -0.15) is 4.31 Å². The summed E-state index contributed by atoms with van der Waals surface area (Å²) in [5.74, 6) is 1.08. The van der Waals surface area contributed by atoms with Crippen molar-refractivity contribution in [3.8, 4) is 0 Å². The molecule has 2 fully saturated rings. The molecule has 2 N–H and O–H groups in total. The Labute approximate surface area is 202 Å². The van der Waals surface area contributed by atoms with Crippen molar-refractivity contribution in [2.45, 2.75) is 37.5 Å². The lowest BCUT2D eigenvalue weighted by Gasteiger charge is -2.31. The number of aliphatic imine (C=N–C) groups is 1. The molecule has 1 amide bonds. The van der Waals surface area contributed by atoms with Gasteiger partial charge in [-0.1, -0.05) is 18.2 Å². The molecule has 2 heterocycles. The average molecular weight is 564 g/mol. The van der Waals surface area contributed by atoms with E-state index >= 15 is 0 Å². The first-order chi connectivity index (χ1) is 14.5. The largest absolute Gasteiger partial charge is 0.357 e. The van der Waals surface area contributed by atoms with Crippen molar-refractivity contribution < 1.29 is 13.2 Å². The van der Waals surface area contributed by atoms with Gasteiger partial charge in [-0.3, -0.25) is 4.79 Å². The molecule has 0 saturated carbocycles. The molecule has 2 aliphatic heterocycles. The second-order valence-corrected chi connectivity index (χ2v) is 9.76. The topological polar surface area (TPSA) is 94.1 Å². The van der Waals surface area contributed by atoms with E-state index in [9.17, 15) is 13.2 Å². The van der Waals surface area contributed by atoms with E-state index < -0.39 is 10.0 Å². The summed E-state index contributed by atoms with van der Waals surface area (Å²) in [5.41, 5.74) is 0. The highest BCUT2D eigenvalue weighted by Crippen LogP contribution is 2.23. The quantitative estimate of drug-likeness (QED) is 0.300. The summed E-state index contributed by atoms with van der Waals surface area (Å²) < 4.78 is 27.1. The van der Waals surface area contributed by atoms with Crippen LogP contribution < -0.4 is 10.6 Å². The van der Waals surface area contributed by atoms with Crippen LogP contribution in [-0.2, 0) is 14.8 Å². The van der Waals surface area contributed by atoms with Crippen LogP contribution in [0.2, 0.25) is 0 Å². The van der Waals surface area contributed by atoms with E-state index in [4.69, 9.17) is 0 Å². The van der Waals surface area contributed by atoms with E-state index in [0.29, 0.717) is 36.4 Å². The van der Waals surface area contributed by atoms with Crippen LogP contribution in [0.1, 0.15) is 32.6 Å². The molecule has 31 heavy (non-hydrogen) atoms. The van der Waals surface area contributed by atoms with Crippen LogP contribution in [0.15, 0.2) is 40.2 Å². The van der Waals surface area contributed by atoms with Crippen molar-refractivity contribution in [3.05, 3.63) is 30.3 Å². The molecular weight excluding hydrogens is 529 g/mol. The third-order valence-electron chi connectivity index (χ3n) is 5.69. The van der Waals surface area contributed by atoms with Crippen LogP contribution in [-0.4, -0.2) is 75.3 Å². The zero-order valence-electron chi connectivity index (χ0n) is 18.1. The first-order valence-corrected chi connectivity index (χ1v) is 12.3. The highest BCUT2D eigenvalue weighted by molar-refractivity contribution is 14.0. The van der Waals surface area contributed by atoms with E-state index in [0.717, 1.165) is 45.3 Å². The Morgan fingerprint density at radius 2 is 1.71 bits per heavy atom. The summed E-state index contributed by atoms with van der Waals surface area (Å²) in [6.45, 7) is 6.29. The number of guanidine groups is 1. The highest BCUT2D eigenvalue weighted by Gasteiger charge is 2.29. The lowest BCUT2D eigenvalue weighted by Crippen LogP contribution is -2.44. The van der Waals surface area contributed by atoms with Crippen molar-refractivity contribution >= 4 is 45.9 Å². The normalized spacial score (nSPS) is 18.5. The van der Waals surface area contributed by atoms with Crippen LogP contribution in [0.25, 0.3) is 0 Å². The minimum Gasteiger partial charge on any atom is -0.357 e. The van der Waals surface area contributed by atoms with Gasteiger partial charge in [0.25, 0.3) is 0 Å². The number of benzene rings is 1. The van der Waals surface area contributed by atoms with Crippen molar-refractivity contribution in [3.63, 3.8) is 0 Å². The van der Waals surface area contributed by atoms with Crippen molar-refractivity contribution in [1.82, 2.24) is 19.8 Å². The lowest BCUT2D eigenvalue weighted by atomic mass is 9.98. The molecule has 1 aromatic carbocycles. The fourth-order valence-electron chi connectivity index (χ4n) is 3.89. The van der Waals surface area contributed by atoms with Crippen molar-refractivity contribution in [1.29, 1.82) is 0 Å². The van der Waals surface area contributed by atoms with Gasteiger partial charge in [0.2, 0.25) is 15.9 Å². The van der Waals surface area contributed by atoms with E-state index in [1.807, 2.05) is 17.9 Å². The number of carbonyl (C=O) groups is 1. The summed E-state index contributed by atoms with van der Waals surface area (Å²) in [5, 5.41) is 6.51. The van der Waals surface area contributed by atoms with E-state index in [1.54, 1.807) is 28.6 Å². The SMILES string of the molecule is CCNC(=NCC(=O)N1CCCC1)NCC1CCN(S(=O)(=O)c2ccccc2)CC1.I. The molecule has 10 heteroatoms. The molecule has 0 atom stereocenters. The Morgan fingerprint density at radius 3 is 2.32 bits per heavy atom. The molecule has 1 aromatic rings. The van der Waals surface area contributed by atoms with Gasteiger partial charge in [0.15, 0.2) is 5.96 Å².